The lowest BCUT2D eigenvalue weighted by Crippen LogP contribution is -2.47. The number of aromatic nitrogens is 1. The predicted molar refractivity (Wildman–Crippen MR) is 94.0 cm³/mol. The molecule has 0 saturated carbocycles. The molecule has 1 aromatic heterocycles. The normalized spacial score (nSPS) is 17.3. The number of nitro benzene ring substituents is 1. The summed E-state index contributed by atoms with van der Waals surface area (Å²) in [5.74, 6) is 0. The largest absolute Gasteiger partial charge is 0.387 e. The first-order valence-electron chi connectivity index (χ1n) is 8.39. The standard InChI is InChI=1S/C18H22N4O3/c23-18(15-4-3-6-17(12-15)22(24)25)14-21-10-8-20(9-11-21)13-16-5-1-2-7-19-16/h1-7,12,18,23H,8-11,13-14H2. The Balaban J connectivity index is 1.50. The first-order chi connectivity index (χ1) is 12.1. The number of nitrogens with zero attached hydrogens (tertiary/aromatic N) is 4. The van der Waals surface area contributed by atoms with Gasteiger partial charge in [-0.1, -0.05) is 18.2 Å². The predicted octanol–water partition coefficient (Wildman–Crippen LogP) is 1.84. The Hall–Kier alpha value is -2.35. The van der Waals surface area contributed by atoms with Crippen molar-refractivity contribution in [2.75, 3.05) is 32.7 Å². The average Bonchev–Trinajstić information content (AvgIpc) is 2.64. The van der Waals surface area contributed by atoms with E-state index < -0.39 is 11.0 Å². The molecule has 25 heavy (non-hydrogen) atoms. The summed E-state index contributed by atoms with van der Waals surface area (Å²) in [4.78, 5) is 19.3. The van der Waals surface area contributed by atoms with E-state index in [9.17, 15) is 15.2 Å². The number of hydrogen-bond donors (Lipinski definition) is 1. The minimum Gasteiger partial charge on any atom is -0.387 e. The van der Waals surface area contributed by atoms with Crippen LogP contribution in [0.4, 0.5) is 5.69 Å². The van der Waals surface area contributed by atoms with E-state index in [4.69, 9.17) is 0 Å². The summed E-state index contributed by atoms with van der Waals surface area (Å²) >= 11 is 0. The van der Waals surface area contributed by atoms with Crippen molar-refractivity contribution in [2.24, 2.45) is 0 Å². The van der Waals surface area contributed by atoms with Crippen LogP contribution in [0.1, 0.15) is 17.4 Å². The zero-order valence-electron chi connectivity index (χ0n) is 14.0. The van der Waals surface area contributed by atoms with Crippen LogP contribution in [-0.4, -0.2) is 57.5 Å². The van der Waals surface area contributed by atoms with E-state index in [1.54, 1.807) is 18.3 Å². The Morgan fingerprint density at radius 3 is 2.56 bits per heavy atom. The number of hydrogen-bond acceptors (Lipinski definition) is 6. The first kappa shape index (κ1) is 17.5. The maximum atomic E-state index is 10.9. The van der Waals surface area contributed by atoms with Gasteiger partial charge < -0.3 is 5.11 Å². The van der Waals surface area contributed by atoms with Gasteiger partial charge in [-0.15, -0.1) is 0 Å². The molecule has 2 heterocycles. The van der Waals surface area contributed by atoms with Crippen LogP contribution in [0.2, 0.25) is 0 Å². The summed E-state index contributed by atoms with van der Waals surface area (Å²) in [5, 5.41) is 21.2. The molecule has 1 atom stereocenters. The van der Waals surface area contributed by atoms with Gasteiger partial charge in [0.15, 0.2) is 0 Å². The van der Waals surface area contributed by atoms with Crippen LogP contribution in [0, 0.1) is 10.1 Å². The van der Waals surface area contributed by atoms with Crippen LogP contribution < -0.4 is 0 Å². The van der Waals surface area contributed by atoms with Gasteiger partial charge in [0.2, 0.25) is 0 Å². The number of benzene rings is 1. The van der Waals surface area contributed by atoms with Crippen molar-refractivity contribution < 1.29 is 10.0 Å². The van der Waals surface area contributed by atoms with Crippen LogP contribution in [0.5, 0.6) is 0 Å². The van der Waals surface area contributed by atoms with Crippen molar-refractivity contribution in [3.05, 3.63) is 70.0 Å². The molecule has 0 aliphatic carbocycles. The molecule has 2 aromatic rings. The summed E-state index contributed by atoms with van der Waals surface area (Å²) in [6.07, 6.45) is 1.09. The number of aliphatic hydroxyl groups is 1. The van der Waals surface area contributed by atoms with Crippen molar-refractivity contribution in [3.63, 3.8) is 0 Å². The molecule has 0 radical (unpaired) electrons. The second kappa shape index (κ2) is 8.15. The lowest BCUT2D eigenvalue weighted by molar-refractivity contribution is -0.385. The van der Waals surface area contributed by atoms with E-state index in [-0.39, 0.29) is 5.69 Å². The molecule has 0 bridgehead atoms. The van der Waals surface area contributed by atoms with Gasteiger partial charge in [-0.05, 0) is 17.7 Å². The topological polar surface area (TPSA) is 82.7 Å². The lowest BCUT2D eigenvalue weighted by Gasteiger charge is -2.35. The molecule has 1 aromatic carbocycles. The fourth-order valence-electron chi connectivity index (χ4n) is 3.05. The third kappa shape index (κ3) is 4.82. The molecule has 0 spiro atoms. The fourth-order valence-corrected chi connectivity index (χ4v) is 3.05. The fraction of sp³-hybridized carbons (Fsp3) is 0.389. The minimum absolute atomic E-state index is 0.0109. The van der Waals surface area contributed by atoms with Gasteiger partial charge >= 0.3 is 0 Å². The highest BCUT2D eigenvalue weighted by Gasteiger charge is 2.21. The highest BCUT2D eigenvalue weighted by atomic mass is 16.6. The number of rotatable bonds is 6. The average molecular weight is 342 g/mol. The number of β-amino-alcohol motifs (C(OH)–C–C–N with tert-alkyl or cyclic N) is 1. The molecule has 3 rings (SSSR count). The van der Waals surface area contributed by atoms with E-state index in [0.29, 0.717) is 12.1 Å². The number of nitro groups is 1. The van der Waals surface area contributed by atoms with Crippen LogP contribution in [0.15, 0.2) is 48.7 Å². The maximum absolute atomic E-state index is 10.9. The van der Waals surface area contributed by atoms with Gasteiger partial charge in [-0.25, -0.2) is 0 Å². The first-order valence-corrected chi connectivity index (χ1v) is 8.39. The second-order valence-electron chi connectivity index (χ2n) is 6.27. The molecule has 1 aliphatic rings. The van der Waals surface area contributed by atoms with Crippen LogP contribution in [0.25, 0.3) is 0 Å². The van der Waals surface area contributed by atoms with Crippen LogP contribution in [0.3, 0.4) is 0 Å². The van der Waals surface area contributed by atoms with Gasteiger partial charge in [0.05, 0.1) is 16.7 Å². The third-order valence-electron chi connectivity index (χ3n) is 4.47. The molecular weight excluding hydrogens is 320 g/mol. The summed E-state index contributed by atoms with van der Waals surface area (Å²) in [5.41, 5.74) is 1.66. The maximum Gasteiger partial charge on any atom is 0.269 e. The third-order valence-corrected chi connectivity index (χ3v) is 4.47. The Morgan fingerprint density at radius 2 is 1.88 bits per heavy atom. The van der Waals surface area contributed by atoms with Crippen molar-refractivity contribution >= 4 is 5.69 Å². The van der Waals surface area contributed by atoms with E-state index in [0.717, 1.165) is 38.4 Å². The summed E-state index contributed by atoms with van der Waals surface area (Å²) in [7, 11) is 0. The van der Waals surface area contributed by atoms with Gasteiger partial charge in [0.25, 0.3) is 5.69 Å². The molecule has 7 heteroatoms. The smallest absolute Gasteiger partial charge is 0.269 e. The molecule has 1 N–H and O–H groups in total. The molecule has 1 unspecified atom stereocenters. The molecule has 132 valence electrons. The van der Waals surface area contributed by atoms with E-state index in [1.165, 1.54) is 12.1 Å². The summed E-state index contributed by atoms with van der Waals surface area (Å²) in [6, 6.07) is 12.2. The number of aliphatic hydroxyl groups excluding tert-OH is 1. The van der Waals surface area contributed by atoms with Crippen molar-refractivity contribution in [1.29, 1.82) is 0 Å². The highest BCUT2D eigenvalue weighted by Crippen LogP contribution is 2.20. The van der Waals surface area contributed by atoms with Gasteiger partial charge in [-0.3, -0.25) is 24.9 Å². The Morgan fingerprint density at radius 1 is 1.12 bits per heavy atom. The Labute approximate surface area is 146 Å². The molecule has 7 nitrogen and oxygen atoms in total. The SMILES string of the molecule is O=[N+]([O-])c1cccc(C(O)CN2CCN(Cc3ccccn3)CC2)c1. The van der Waals surface area contributed by atoms with E-state index in [1.807, 2.05) is 18.2 Å². The monoisotopic (exact) mass is 342 g/mol. The highest BCUT2D eigenvalue weighted by molar-refractivity contribution is 5.35. The molecule has 1 fully saturated rings. The minimum atomic E-state index is -0.720. The van der Waals surface area contributed by atoms with Crippen LogP contribution in [-0.2, 0) is 6.54 Å². The van der Waals surface area contributed by atoms with Crippen molar-refractivity contribution in [3.8, 4) is 0 Å². The van der Waals surface area contributed by atoms with Gasteiger partial charge in [0.1, 0.15) is 0 Å². The zero-order chi connectivity index (χ0) is 17.6. The lowest BCUT2D eigenvalue weighted by atomic mass is 10.1. The molecular formula is C18H22N4O3. The Bertz CT molecular complexity index is 702. The number of pyridine rings is 1. The number of piperazine rings is 1. The zero-order valence-corrected chi connectivity index (χ0v) is 14.0. The van der Waals surface area contributed by atoms with E-state index >= 15 is 0 Å². The van der Waals surface area contributed by atoms with Gasteiger partial charge in [-0.2, -0.15) is 0 Å². The van der Waals surface area contributed by atoms with E-state index in [2.05, 4.69) is 14.8 Å². The van der Waals surface area contributed by atoms with Crippen molar-refractivity contribution in [2.45, 2.75) is 12.6 Å². The Kier molecular flexibility index (Phi) is 5.70. The van der Waals surface area contributed by atoms with Crippen LogP contribution >= 0.6 is 0 Å². The summed E-state index contributed by atoms with van der Waals surface area (Å²) < 4.78 is 0. The summed E-state index contributed by atoms with van der Waals surface area (Å²) in [6.45, 7) is 4.87. The number of non-ortho nitro benzene ring substituents is 1. The molecule has 1 aliphatic heterocycles. The van der Waals surface area contributed by atoms with Crippen molar-refractivity contribution in [1.82, 2.24) is 14.8 Å². The van der Waals surface area contributed by atoms with Gasteiger partial charge in [0, 0.05) is 57.6 Å². The second-order valence-corrected chi connectivity index (χ2v) is 6.27. The molecule has 0 amide bonds. The quantitative estimate of drug-likeness (QED) is 0.637. The molecule has 1 saturated heterocycles.